The predicted octanol–water partition coefficient (Wildman–Crippen LogP) is 8.62. The molecule has 8 heteroatoms. The van der Waals surface area contributed by atoms with E-state index in [9.17, 15) is 9.59 Å². The van der Waals surface area contributed by atoms with Crippen LogP contribution in [0.4, 0.5) is 17.1 Å². The number of allylic oxidation sites excluding steroid dienone is 2. The van der Waals surface area contributed by atoms with Crippen LogP contribution < -0.4 is 15.5 Å². The molecule has 3 aromatic carbocycles. The van der Waals surface area contributed by atoms with Crippen LogP contribution in [-0.2, 0) is 9.59 Å². The lowest BCUT2D eigenvalue weighted by molar-refractivity contribution is -0.113. The molecule has 43 heavy (non-hydrogen) atoms. The Morgan fingerprint density at radius 1 is 0.721 bits per heavy atom. The van der Waals surface area contributed by atoms with Gasteiger partial charge in [-0.1, -0.05) is 78.9 Å². The van der Waals surface area contributed by atoms with Gasteiger partial charge in [0.2, 0.25) is 0 Å². The fourth-order valence-corrected chi connectivity index (χ4v) is 6.72. The summed E-state index contributed by atoms with van der Waals surface area (Å²) in [6.45, 7) is 4.01. The van der Waals surface area contributed by atoms with Crippen LogP contribution in [0.5, 0.6) is 0 Å². The van der Waals surface area contributed by atoms with E-state index in [0.717, 1.165) is 48.3 Å². The maximum absolute atomic E-state index is 14.4. The Balaban J connectivity index is 1.68. The SMILES string of the molecule is CC1=C(C(=O)Nc2ccccc2Cl)C(c2ccc(N(C)C)cc2)C(C(=O)Nc2ccccc2Cl)=C(C)N1C1CCCCC1. The molecule has 1 aliphatic carbocycles. The summed E-state index contributed by atoms with van der Waals surface area (Å²) in [6.07, 6.45) is 5.40. The molecule has 5 rings (SSSR count). The van der Waals surface area contributed by atoms with Gasteiger partial charge in [-0.2, -0.15) is 0 Å². The van der Waals surface area contributed by atoms with Crippen LogP contribution >= 0.6 is 23.2 Å². The summed E-state index contributed by atoms with van der Waals surface area (Å²) in [5.74, 6) is -1.20. The number of amides is 2. The first kappa shape index (κ1) is 30.7. The number of rotatable bonds is 7. The summed E-state index contributed by atoms with van der Waals surface area (Å²) < 4.78 is 0. The second-order valence-corrected chi connectivity index (χ2v) is 12.3. The maximum atomic E-state index is 14.4. The number of anilines is 3. The molecule has 0 unspecified atom stereocenters. The minimum Gasteiger partial charge on any atom is -0.378 e. The summed E-state index contributed by atoms with van der Waals surface area (Å²) in [7, 11) is 3.97. The fourth-order valence-electron chi connectivity index (χ4n) is 6.35. The zero-order valence-corrected chi connectivity index (χ0v) is 26.6. The van der Waals surface area contributed by atoms with Crippen LogP contribution in [0, 0.1) is 0 Å². The molecule has 6 nitrogen and oxygen atoms in total. The lowest BCUT2D eigenvalue weighted by Gasteiger charge is -2.44. The molecule has 224 valence electrons. The molecular formula is C35H38Cl2N4O2. The van der Waals surface area contributed by atoms with Crippen LogP contribution in [0.25, 0.3) is 0 Å². The number of nitrogens with one attached hydrogen (secondary N) is 2. The molecule has 0 aromatic heterocycles. The molecule has 1 saturated carbocycles. The van der Waals surface area contributed by atoms with Crippen molar-refractivity contribution in [2.75, 3.05) is 29.6 Å². The van der Waals surface area contributed by atoms with Gasteiger partial charge in [0.25, 0.3) is 11.8 Å². The normalized spacial score (nSPS) is 16.4. The highest BCUT2D eigenvalue weighted by atomic mass is 35.5. The van der Waals surface area contributed by atoms with Crippen molar-refractivity contribution in [2.45, 2.75) is 57.9 Å². The third-order valence-corrected chi connectivity index (χ3v) is 9.15. The Bertz CT molecular complexity index is 1490. The van der Waals surface area contributed by atoms with Crippen LogP contribution in [0.3, 0.4) is 0 Å². The second-order valence-electron chi connectivity index (χ2n) is 11.4. The average Bonchev–Trinajstić information content (AvgIpc) is 2.99. The van der Waals surface area contributed by atoms with Gasteiger partial charge in [0, 0.05) is 54.3 Å². The molecule has 0 spiro atoms. The maximum Gasteiger partial charge on any atom is 0.254 e. The number of carbonyl (C=O) groups is 2. The summed E-state index contributed by atoms with van der Waals surface area (Å²) in [4.78, 5) is 33.0. The van der Waals surface area contributed by atoms with Crippen LogP contribution in [-0.4, -0.2) is 36.9 Å². The monoisotopic (exact) mass is 616 g/mol. The van der Waals surface area contributed by atoms with Gasteiger partial charge in [0.1, 0.15) is 0 Å². The average molecular weight is 618 g/mol. The van der Waals surface area contributed by atoms with E-state index in [-0.39, 0.29) is 17.9 Å². The second kappa shape index (κ2) is 13.3. The molecule has 2 aliphatic rings. The van der Waals surface area contributed by atoms with Crippen molar-refractivity contribution in [2.24, 2.45) is 0 Å². The topological polar surface area (TPSA) is 64.7 Å². The zero-order valence-electron chi connectivity index (χ0n) is 25.1. The molecule has 1 aliphatic heterocycles. The number of carbonyl (C=O) groups excluding carboxylic acids is 2. The Morgan fingerprint density at radius 2 is 1.19 bits per heavy atom. The summed E-state index contributed by atoms with van der Waals surface area (Å²) in [5, 5.41) is 7.01. The highest BCUT2D eigenvalue weighted by molar-refractivity contribution is 6.34. The first-order chi connectivity index (χ1) is 20.7. The fraction of sp³-hybridized carbons (Fsp3) is 0.314. The Hall–Kier alpha value is -3.74. The van der Waals surface area contributed by atoms with Crippen LogP contribution in [0.2, 0.25) is 10.0 Å². The summed E-state index contributed by atoms with van der Waals surface area (Å²) >= 11 is 12.9. The van der Waals surface area contributed by atoms with Crippen molar-refractivity contribution < 1.29 is 9.59 Å². The van der Waals surface area contributed by atoms with E-state index in [1.165, 1.54) is 6.42 Å². The molecule has 1 heterocycles. The summed E-state index contributed by atoms with van der Waals surface area (Å²) in [6, 6.07) is 22.6. The van der Waals surface area contributed by atoms with Gasteiger partial charge in [-0.25, -0.2) is 0 Å². The van der Waals surface area contributed by atoms with E-state index in [4.69, 9.17) is 23.2 Å². The number of halogens is 2. The van der Waals surface area contributed by atoms with Crippen molar-refractivity contribution >= 4 is 52.1 Å². The van der Waals surface area contributed by atoms with Gasteiger partial charge < -0.3 is 20.4 Å². The van der Waals surface area contributed by atoms with Crippen molar-refractivity contribution in [3.63, 3.8) is 0 Å². The minimum absolute atomic E-state index is 0.192. The standard InChI is InChI=1S/C35H38Cl2N4O2/c1-22-31(34(42)38-29-16-10-8-14-27(29)36)33(24-18-20-25(21-19-24)40(3)4)32(23(2)41(22)26-12-6-5-7-13-26)35(43)39-30-17-11-9-15-28(30)37/h8-11,14-21,26,33H,5-7,12-13H2,1-4H3,(H,38,42)(H,39,43). The van der Waals surface area contributed by atoms with Crippen LogP contribution in [0.15, 0.2) is 95.3 Å². The highest BCUT2D eigenvalue weighted by Gasteiger charge is 2.41. The van der Waals surface area contributed by atoms with Crippen molar-refractivity contribution in [1.82, 2.24) is 4.90 Å². The quantitative estimate of drug-likeness (QED) is 0.279. The van der Waals surface area contributed by atoms with E-state index >= 15 is 0 Å². The number of hydrogen-bond acceptors (Lipinski definition) is 4. The van der Waals surface area contributed by atoms with E-state index in [1.54, 1.807) is 24.3 Å². The Morgan fingerprint density at radius 3 is 1.63 bits per heavy atom. The molecule has 1 fully saturated rings. The van der Waals surface area contributed by atoms with E-state index in [2.05, 4.69) is 15.5 Å². The molecule has 0 atom stereocenters. The smallest absolute Gasteiger partial charge is 0.254 e. The van der Waals surface area contributed by atoms with Gasteiger partial charge in [-0.3, -0.25) is 9.59 Å². The molecule has 2 N–H and O–H groups in total. The number of hydrogen-bond donors (Lipinski definition) is 2. The van der Waals surface area contributed by atoms with Gasteiger partial charge in [-0.15, -0.1) is 0 Å². The van der Waals surface area contributed by atoms with Crippen molar-refractivity contribution in [1.29, 1.82) is 0 Å². The Labute approximate surface area is 264 Å². The van der Waals surface area contributed by atoms with Gasteiger partial charge in [0.05, 0.1) is 21.4 Å². The Kier molecular flexibility index (Phi) is 9.48. The third-order valence-electron chi connectivity index (χ3n) is 8.50. The summed E-state index contributed by atoms with van der Waals surface area (Å²) in [5.41, 5.74) is 5.67. The lowest BCUT2D eigenvalue weighted by atomic mass is 9.77. The third kappa shape index (κ3) is 6.46. The highest BCUT2D eigenvalue weighted by Crippen LogP contribution is 2.45. The molecular weight excluding hydrogens is 579 g/mol. The van der Waals surface area contributed by atoms with E-state index in [1.807, 2.05) is 81.4 Å². The zero-order chi connectivity index (χ0) is 30.7. The number of para-hydroxylation sites is 2. The molecule has 3 aromatic rings. The molecule has 2 amide bonds. The lowest BCUT2D eigenvalue weighted by Crippen LogP contribution is -2.42. The van der Waals surface area contributed by atoms with Crippen LogP contribution in [0.1, 0.15) is 57.4 Å². The van der Waals surface area contributed by atoms with E-state index in [0.29, 0.717) is 32.6 Å². The first-order valence-electron chi connectivity index (χ1n) is 14.8. The largest absolute Gasteiger partial charge is 0.378 e. The minimum atomic E-state index is -0.624. The van der Waals surface area contributed by atoms with Crippen molar-refractivity contribution in [3.05, 3.63) is 111 Å². The van der Waals surface area contributed by atoms with Gasteiger partial charge in [-0.05, 0) is 68.7 Å². The van der Waals surface area contributed by atoms with E-state index < -0.39 is 5.92 Å². The number of benzene rings is 3. The molecule has 0 bridgehead atoms. The van der Waals surface area contributed by atoms with Crippen molar-refractivity contribution in [3.8, 4) is 0 Å². The molecule has 0 radical (unpaired) electrons. The number of nitrogens with zero attached hydrogens (tertiary/aromatic N) is 2. The van der Waals surface area contributed by atoms with Gasteiger partial charge in [0.15, 0.2) is 0 Å². The predicted molar refractivity (Wildman–Crippen MR) is 178 cm³/mol. The molecule has 0 saturated heterocycles. The van der Waals surface area contributed by atoms with Gasteiger partial charge >= 0.3 is 0 Å². The first-order valence-corrected chi connectivity index (χ1v) is 15.5.